The Morgan fingerprint density at radius 2 is 1.73 bits per heavy atom. The number of aliphatic hydroxyl groups is 3. The third-order valence-corrected chi connectivity index (χ3v) is 10.4. The summed E-state index contributed by atoms with van der Waals surface area (Å²) in [6.07, 6.45) is -3.81. The molecule has 5 N–H and O–H groups in total. The van der Waals surface area contributed by atoms with Crippen LogP contribution in [0.2, 0.25) is 0 Å². The Labute approximate surface area is 242 Å². The number of benzene rings is 1. The Morgan fingerprint density at radius 1 is 1.10 bits per heavy atom. The summed E-state index contributed by atoms with van der Waals surface area (Å²) in [5.74, 6) is -2.72. The fourth-order valence-corrected chi connectivity index (χ4v) is 7.77. The standard InChI is InChI=1S/C32H45NO8/c1-7-20-21-15-32(39)16-24(41-26(37)13-22(33)19-11-9-8-10-12-19)17(2)27(30(32,4)5)28(40-18(3)34)29(38)31(21,6)25(36)14-23(20)35/h8-12,20-25,28,35-36,39H,7,13-16,33H2,1-6H3/t20?,21?,22-,23?,24+,25?,28?,31?,32?/m1/s1. The van der Waals surface area contributed by atoms with Gasteiger partial charge in [-0.2, -0.15) is 0 Å². The fourth-order valence-electron chi connectivity index (χ4n) is 7.77. The van der Waals surface area contributed by atoms with E-state index in [-0.39, 0.29) is 31.6 Å². The number of hydrogen-bond donors (Lipinski definition) is 4. The zero-order chi connectivity index (χ0) is 30.5. The summed E-state index contributed by atoms with van der Waals surface area (Å²) < 4.78 is 11.7. The van der Waals surface area contributed by atoms with Gasteiger partial charge in [0.25, 0.3) is 0 Å². The second kappa shape index (κ2) is 11.2. The first-order valence-electron chi connectivity index (χ1n) is 14.6. The maximum absolute atomic E-state index is 14.5. The molecule has 0 aliphatic heterocycles. The molecule has 41 heavy (non-hydrogen) atoms. The summed E-state index contributed by atoms with van der Waals surface area (Å²) in [6, 6.07) is 8.61. The van der Waals surface area contributed by atoms with Crippen LogP contribution in [0.1, 0.15) is 85.3 Å². The van der Waals surface area contributed by atoms with Crippen molar-refractivity contribution < 1.29 is 39.2 Å². The SMILES string of the molecule is CCC1C(O)CC(O)C2(C)C(=O)C(OC(C)=O)C3=C(C)[C@@H](OC(=O)C[C@@H](N)c4ccccc4)CC(O)(CC12)C3(C)C. The van der Waals surface area contributed by atoms with Crippen LogP contribution in [-0.2, 0) is 23.9 Å². The predicted molar refractivity (Wildman–Crippen MR) is 151 cm³/mol. The number of fused-ring (bicyclic) bond motifs is 3. The minimum Gasteiger partial charge on any atom is -0.458 e. The smallest absolute Gasteiger partial charge is 0.308 e. The van der Waals surface area contributed by atoms with Gasteiger partial charge in [0.1, 0.15) is 6.10 Å². The number of rotatable bonds is 6. The van der Waals surface area contributed by atoms with Crippen LogP contribution >= 0.6 is 0 Å². The molecule has 1 aromatic rings. The fraction of sp³-hybridized carbons (Fsp3) is 0.656. The molecule has 2 bridgehead atoms. The van der Waals surface area contributed by atoms with Crippen molar-refractivity contribution in [2.75, 3.05) is 0 Å². The number of esters is 2. The lowest BCUT2D eigenvalue weighted by atomic mass is 9.47. The highest BCUT2D eigenvalue weighted by atomic mass is 16.6. The van der Waals surface area contributed by atoms with Gasteiger partial charge < -0.3 is 30.5 Å². The van der Waals surface area contributed by atoms with E-state index in [1.807, 2.05) is 37.3 Å². The number of aliphatic hydroxyl groups excluding tert-OH is 2. The summed E-state index contributed by atoms with van der Waals surface area (Å²) in [7, 11) is 0. The molecule has 226 valence electrons. The van der Waals surface area contributed by atoms with Crippen LogP contribution in [0.25, 0.3) is 0 Å². The molecule has 1 aromatic carbocycles. The molecule has 3 aliphatic rings. The first-order valence-corrected chi connectivity index (χ1v) is 14.6. The summed E-state index contributed by atoms with van der Waals surface area (Å²) in [5, 5.41) is 34.7. The number of nitrogens with two attached hydrogens (primary N) is 1. The number of hydrogen-bond acceptors (Lipinski definition) is 9. The Balaban J connectivity index is 1.81. The molecule has 7 unspecified atom stereocenters. The minimum atomic E-state index is -1.52. The van der Waals surface area contributed by atoms with Gasteiger partial charge in [0, 0.05) is 31.2 Å². The van der Waals surface area contributed by atoms with Crippen molar-refractivity contribution in [3.05, 3.63) is 47.0 Å². The van der Waals surface area contributed by atoms with Gasteiger partial charge in [-0.3, -0.25) is 14.4 Å². The number of Topliss-reactive ketones (excluding diaryl/α,β-unsaturated/α-hetero) is 1. The monoisotopic (exact) mass is 571 g/mol. The molecule has 0 saturated heterocycles. The number of ether oxygens (including phenoxy) is 2. The van der Waals surface area contributed by atoms with E-state index in [2.05, 4.69) is 0 Å². The molecule has 0 spiro atoms. The second-order valence-corrected chi connectivity index (χ2v) is 13.0. The van der Waals surface area contributed by atoms with Crippen molar-refractivity contribution in [1.82, 2.24) is 0 Å². The summed E-state index contributed by atoms with van der Waals surface area (Å²) in [5.41, 5.74) is 3.98. The van der Waals surface area contributed by atoms with Crippen molar-refractivity contribution in [2.45, 2.75) is 110 Å². The van der Waals surface area contributed by atoms with E-state index < -0.39 is 70.5 Å². The molecule has 9 nitrogen and oxygen atoms in total. The van der Waals surface area contributed by atoms with Crippen molar-refractivity contribution in [1.29, 1.82) is 0 Å². The molecule has 0 radical (unpaired) electrons. The molecule has 0 amide bonds. The highest BCUT2D eigenvalue weighted by Gasteiger charge is 2.66. The molecule has 9 heteroatoms. The van der Waals surface area contributed by atoms with Gasteiger partial charge in [0.05, 0.1) is 29.6 Å². The van der Waals surface area contributed by atoms with Crippen LogP contribution in [0, 0.1) is 22.7 Å². The zero-order valence-corrected chi connectivity index (χ0v) is 24.9. The number of ketones is 1. The normalized spacial score (nSPS) is 37.4. The third-order valence-electron chi connectivity index (χ3n) is 10.4. The molecule has 9 atom stereocenters. The summed E-state index contributed by atoms with van der Waals surface area (Å²) >= 11 is 0. The Bertz CT molecular complexity index is 1210. The van der Waals surface area contributed by atoms with Gasteiger partial charge in [0.2, 0.25) is 0 Å². The minimum absolute atomic E-state index is 0.00575. The molecule has 3 aliphatic carbocycles. The van der Waals surface area contributed by atoms with Gasteiger partial charge in [-0.15, -0.1) is 0 Å². The molecule has 0 aromatic heterocycles. The maximum atomic E-state index is 14.5. The largest absolute Gasteiger partial charge is 0.458 e. The third kappa shape index (κ3) is 5.26. The highest BCUT2D eigenvalue weighted by molar-refractivity contribution is 5.94. The average Bonchev–Trinajstić information content (AvgIpc) is 2.89. The lowest BCUT2D eigenvalue weighted by Crippen LogP contribution is -2.66. The first kappa shape index (κ1) is 31.3. The first-order chi connectivity index (χ1) is 19.1. The lowest BCUT2D eigenvalue weighted by Gasteiger charge is -2.60. The van der Waals surface area contributed by atoms with E-state index in [9.17, 15) is 29.7 Å². The molecular weight excluding hydrogens is 526 g/mol. The van der Waals surface area contributed by atoms with Gasteiger partial charge in [0.15, 0.2) is 11.9 Å². The number of carbonyl (C=O) groups excluding carboxylic acids is 3. The van der Waals surface area contributed by atoms with Crippen LogP contribution in [0.15, 0.2) is 41.5 Å². The van der Waals surface area contributed by atoms with E-state index in [1.54, 1.807) is 27.7 Å². The molecule has 2 fully saturated rings. The van der Waals surface area contributed by atoms with E-state index >= 15 is 0 Å². The van der Waals surface area contributed by atoms with E-state index in [0.29, 0.717) is 17.6 Å². The van der Waals surface area contributed by atoms with E-state index in [4.69, 9.17) is 15.2 Å². The Kier molecular flexibility index (Phi) is 8.60. The van der Waals surface area contributed by atoms with Crippen LogP contribution in [-0.4, -0.2) is 63.1 Å². The van der Waals surface area contributed by atoms with E-state index in [1.165, 1.54) is 6.92 Å². The zero-order valence-electron chi connectivity index (χ0n) is 24.9. The van der Waals surface area contributed by atoms with Crippen LogP contribution in [0.5, 0.6) is 0 Å². The van der Waals surface area contributed by atoms with E-state index in [0.717, 1.165) is 5.56 Å². The topological polar surface area (TPSA) is 156 Å². The quantitative estimate of drug-likeness (QED) is 0.297. The number of carbonyl (C=O) groups is 3. The van der Waals surface area contributed by atoms with Gasteiger partial charge >= 0.3 is 11.9 Å². The molecule has 2 saturated carbocycles. The maximum Gasteiger partial charge on any atom is 0.308 e. The van der Waals surface area contributed by atoms with Crippen LogP contribution in [0.4, 0.5) is 0 Å². The Morgan fingerprint density at radius 3 is 2.32 bits per heavy atom. The average molecular weight is 572 g/mol. The van der Waals surface area contributed by atoms with Crippen LogP contribution < -0.4 is 5.73 Å². The summed E-state index contributed by atoms with van der Waals surface area (Å²) in [4.78, 5) is 40.0. The van der Waals surface area contributed by atoms with Crippen molar-refractivity contribution in [3.63, 3.8) is 0 Å². The van der Waals surface area contributed by atoms with Gasteiger partial charge in [-0.05, 0) is 48.8 Å². The Hall–Kier alpha value is -2.59. The molecule has 4 rings (SSSR count). The van der Waals surface area contributed by atoms with Crippen molar-refractivity contribution in [3.8, 4) is 0 Å². The highest BCUT2D eigenvalue weighted by Crippen LogP contribution is 2.60. The predicted octanol–water partition coefficient (Wildman–Crippen LogP) is 3.14. The van der Waals surface area contributed by atoms with Gasteiger partial charge in [-0.1, -0.05) is 57.5 Å². The molecular formula is C32H45NO8. The van der Waals surface area contributed by atoms with Crippen LogP contribution in [0.3, 0.4) is 0 Å². The van der Waals surface area contributed by atoms with Crippen molar-refractivity contribution >= 4 is 17.7 Å². The lowest BCUT2D eigenvalue weighted by molar-refractivity contribution is -0.199. The van der Waals surface area contributed by atoms with Gasteiger partial charge in [-0.25, -0.2) is 0 Å². The van der Waals surface area contributed by atoms with Crippen molar-refractivity contribution in [2.24, 2.45) is 28.4 Å². The summed E-state index contributed by atoms with van der Waals surface area (Å²) in [6.45, 7) is 10.1. The molecule has 0 heterocycles. The second-order valence-electron chi connectivity index (χ2n) is 13.0.